The second-order valence-corrected chi connectivity index (χ2v) is 5.45. The minimum Gasteiger partial charge on any atom is -0.381 e. The molecule has 0 aliphatic carbocycles. The summed E-state index contributed by atoms with van der Waals surface area (Å²) in [5, 5.41) is 7.38. The summed E-state index contributed by atoms with van der Waals surface area (Å²) in [5.74, 6) is -0.269. The molecule has 0 saturated carbocycles. The van der Waals surface area contributed by atoms with Crippen LogP contribution in [-0.2, 0) is 6.54 Å². The summed E-state index contributed by atoms with van der Waals surface area (Å²) in [6.45, 7) is 0.639. The maximum Gasteiger partial charge on any atom is 0.139 e. The standard InChI is InChI=1S/C16H13BrFN3/c17-15-7-4-13(10-16(15)18)19-11-12-2-5-14(6-3-12)21-9-1-8-20-21/h1-10,19H,11H2. The Kier molecular flexibility index (Phi) is 4.01. The summed E-state index contributed by atoms with van der Waals surface area (Å²) in [4.78, 5) is 0. The molecule has 5 heteroatoms. The van der Waals surface area contributed by atoms with Gasteiger partial charge in [-0.2, -0.15) is 5.10 Å². The van der Waals surface area contributed by atoms with Crippen LogP contribution >= 0.6 is 15.9 Å². The van der Waals surface area contributed by atoms with Crippen LogP contribution in [0.15, 0.2) is 65.4 Å². The number of anilines is 1. The molecule has 3 nitrogen and oxygen atoms in total. The van der Waals surface area contributed by atoms with Gasteiger partial charge < -0.3 is 5.32 Å². The molecule has 2 aromatic carbocycles. The fourth-order valence-electron chi connectivity index (χ4n) is 2.00. The molecule has 1 heterocycles. The molecule has 0 saturated heterocycles. The first kappa shape index (κ1) is 13.8. The number of benzene rings is 2. The number of aromatic nitrogens is 2. The van der Waals surface area contributed by atoms with E-state index in [-0.39, 0.29) is 5.82 Å². The molecule has 0 spiro atoms. The highest BCUT2D eigenvalue weighted by Gasteiger charge is 2.01. The zero-order valence-corrected chi connectivity index (χ0v) is 12.7. The summed E-state index contributed by atoms with van der Waals surface area (Å²) in [7, 11) is 0. The molecule has 0 aliphatic heterocycles. The van der Waals surface area contributed by atoms with Crippen LogP contribution in [0, 0.1) is 5.82 Å². The molecule has 1 N–H and O–H groups in total. The van der Waals surface area contributed by atoms with E-state index in [1.807, 2.05) is 42.6 Å². The molecule has 1 aromatic heterocycles. The first-order chi connectivity index (χ1) is 10.2. The maximum atomic E-state index is 13.4. The van der Waals surface area contributed by atoms with E-state index in [2.05, 4.69) is 26.3 Å². The van der Waals surface area contributed by atoms with Crippen molar-refractivity contribution < 1.29 is 4.39 Å². The number of nitrogens with one attached hydrogen (secondary N) is 1. The lowest BCUT2D eigenvalue weighted by atomic mass is 10.2. The van der Waals surface area contributed by atoms with Gasteiger partial charge in [-0.1, -0.05) is 12.1 Å². The monoisotopic (exact) mass is 345 g/mol. The molecule has 3 rings (SSSR count). The maximum absolute atomic E-state index is 13.4. The second-order valence-electron chi connectivity index (χ2n) is 4.60. The average Bonchev–Trinajstić information content (AvgIpc) is 3.03. The van der Waals surface area contributed by atoms with Gasteiger partial charge in [0.15, 0.2) is 0 Å². The highest BCUT2D eigenvalue weighted by molar-refractivity contribution is 9.10. The fraction of sp³-hybridized carbons (Fsp3) is 0.0625. The average molecular weight is 346 g/mol. The summed E-state index contributed by atoms with van der Waals surface area (Å²) in [5.41, 5.74) is 2.89. The lowest BCUT2D eigenvalue weighted by Crippen LogP contribution is -2.00. The zero-order chi connectivity index (χ0) is 14.7. The molecular formula is C16H13BrFN3. The molecule has 0 amide bonds. The molecular weight excluding hydrogens is 333 g/mol. The summed E-state index contributed by atoms with van der Waals surface area (Å²) in [6.07, 6.45) is 3.65. The Morgan fingerprint density at radius 2 is 1.95 bits per heavy atom. The van der Waals surface area contributed by atoms with Gasteiger partial charge in [0.1, 0.15) is 5.82 Å². The molecule has 3 aromatic rings. The number of hydrogen-bond acceptors (Lipinski definition) is 2. The van der Waals surface area contributed by atoms with Crippen LogP contribution in [0.2, 0.25) is 0 Å². The third-order valence-corrected chi connectivity index (χ3v) is 3.76. The van der Waals surface area contributed by atoms with Crippen LogP contribution in [0.25, 0.3) is 5.69 Å². The quantitative estimate of drug-likeness (QED) is 0.760. The molecule has 0 atom stereocenters. The van der Waals surface area contributed by atoms with Crippen LogP contribution in [-0.4, -0.2) is 9.78 Å². The third kappa shape index (κ3) is 3.31. The first-order valence-electron chi connectivity index (χ1n) is 6.50. The van der Waals surface area contributed by atoms with Crippen molar-refractivity contribution in [3.8, 4) is 5.69 Å². The first-order valence-corrected chi connectivity index (χ1v) is 7.29. The Morgan fingerprint density at radius 3 is 2.62 bits per heavy atom. The SMILES string of the molecule is Fc1cc(NCc2ccc(-n3cccn3)cc2)ccc1Br. The minimum atomic E-state index is -0.269. The Hall–Kier alpha value is -2.14. The van der Waals surface area contributed by atoms with E-state index in [1.54, 1.807) is 16.9 Å². The number of rotatable bonds is 4. The molecule has 0 aliphatic rings. The van der Waals surface area contributed by atoms with Crippen LogP contribution in [0.4, 0.5) is 10.1 Å². The van der Waals surface area contributed by atoms with Gasteiger partial charge in [0, 0.05) is 24.6 Å². The summed E-state index contributed by atoms with van der Waals surface area (Å²) in [6, 6.07) is 15.0. The van der Waals surface area contributed by atoms with E-state index in [9.17, 15) is 4.39 Å². The van der Waals surface area contributed by atoms with Crippen molar-refractivity contribution in [1.82, 2.24) is 9.78 Å². The van der Waals surface area contributed by atoms with Crippen LogP contribution in [0.5, 0.6) is 0 Å². The topological polar surface area (TPSA) is 29.9 Å². The van der Waals surface area contributed by atoms with Crippen molar-refractivity contribution in [1.29, 1.82) is 0 Å². The molecule has 0 unspecified atom stereocenters. The summed E-state index contributed by atoms with van der Waals surface area (Å²) < 4.78 is 15.7. The summed E-state index contributed by atoms with van der Waals surface area (Å²) >= 11 is 3.14. The Balaban J connectivity index is 1.66. The number of halogens is 2. The smallest absolute Gasteiger partial charge is 0.139 e. The van der Waals surface area contributed by atoms with Gasteiger partial charge in [0.05, 0.1) is 10.2 Å². The molecule has 0 fully saturated rings. The fourth-order valence-corrected chi connectivity index (χ4v) is 2.24. The largest absolute Gasteiger partial charge is 0.381 e. The number of nitrogens with zero attached hydrogens (tertiary/aromatic N) is 2. The van der Waals surface area contributed by atoms with Crippen molar-refractivity contribution in [3.63, 3.8) is 0 Å². The highest BCUT2D eigenvalue weighted by atomic mass is 79.9. The van der Waals surface area contributed by atoms with Crippen LogP contribution in [0.1, 0.15) is 5.56 Å². The van der Waals surface area contributed by atoms with E-state index in [0.717, 1.165) is 16.9 Å². The zero-order valence-electron chi connectivity index (χ0n) is 11.1. The minimum absolute atomic E-state index is 0.269. The van der Waals surface area contributed by atoms with Crippen molar-refractivity contribution in [2.24, 2.45) is 0 Å². The van der Waals surface area contributed by atoms with Gasteiger partial charge in [0.25, 0.3) is 0 Å². The third-order valence-electron chi connectivity index (χ3n) is 3.12. The van der Waals surface area contributed by atoms with Gasteiger partial charge in [-0.15, -0.1) is 0 Å². The van der Waals surface area contributed by atoms with E-state index >= 15 is 0 Å². The second kappa shape index (κ2) is 6.10. The highest BCUT2D eigenvalue weighted by Crippen LogP contribution is 2.20. The van der Waals surface area contributed by atoms with E-state index in [4.69, 9.17) is 0 Å². The van der Waals surface area contributed by atoms with Crippen LogP contribution in [0.3, 0.4) is 0 Å². The van der Waals surface area contributed by atoms with Crippen molar-refractivity contribution in [2.45, 2.75) is 6.54 Å². The molecule has 106 valence electrons. The van der Waals surface area contributed by atoms with E-state index in [0.29, 0.717) is 11.0 Å². The number of hydrogen-bond donors (Lipinski definition) is 1. The van der Waals surface area contributed by atoms with E-state index < -0.39 is 0 Å². The van der Waals surface area contributed by atoms with Gasteiger partial charge in [0.2, 0.25) is 0 Å². The predicted octanol–water partition coefficient (Wildman–Crippen LogP) is 4.39. The van der Waals surface area contributed by atoms with Gasteiger partial charge in [-0.25, -0.2) is 9.07 Å². The van der Waals surface area contributed by atoms with Crippen molar-refractivity contribution >= 4 is 21.6 Å². The normalized spacial score (nSPS) is 10.6. The van der Waals surface area contributed by atoms with Gasteiger partial charge in [-0.05, 0) is 57.9 Å². The van der Waals surface area contributed by atoms with E-state index in [1.165, 1.54) is 6.07 Å². The van der Waals surface area contributed by atoms with Gasteiger partial charge in [-0.3, -0.25) is 0 Å². The van der Waals surface area contributed by atoms with Crippen molar-refractivity contribution in [2.75, 3.05) is 5.32 Å². The molecule has 21 heavy (non-hydrogen) atoms. The lowest BCUT2D eigenvalue weighted by molar-refractivity contribution is 0.621. The Bertz CT molecular complexity index is 724. The lowest BCUT2D eigenvalue weighted by Gasteiger charge is -2.08. The predicted molar refractivity (Wildman–Crippen MR) is 85.0 cm³/mol. The Labute approximate surface area is 130 Å². The van der Waals surface area contributed by atoms with Crippen LogP contribution < -0.4 is 5.32 Å². The van der Waals surface area contributed by atoms with Crippen molar-refractivity contribution in [3.05, 3.63) is 76.8 Å². The Morgan fingerprint density at radius 1 is 1.14 bits per heavy atom. The molecule has 0 radical (unpaired) electrons. The molecule has 0 bridgehead atoms. The van der Waals surface area contributed by atoms with Gasteiger partial charge >= 0.3 is 0 Å².